The summed E-state index contributed by atoms with van der Waals surface area (Å²) in [5, 5.41) is 9.40. The molecule has 4 nitrogen and oxygen atoms in total. The van der Waals surface area contributed by atoms with Crippen molar-refractivity contribution < 1.29 is 19.4 Å². The van der Waals surface area contributed by atoms with Crippen LogP contribution < -0.4 is 0 Å². The second kappa shape index (κ2) is 28.3. The summed E-state index contributed by atoms with van der Waals surface area (Å²) >= 11 is 0. The monoisotopic (exact) mass is 488 g/mol. The van der Waals surface area contributed by atoms with E-state index in [4.69, 9.17) is 9.47 Å². The third-order valence-corrected chi connectivity index (χ3v) is 5.36. The Morgan fingerprint density at radius 2 is 1.29 bits per heavy atom. The van der Waals surface area contributed by atoms with Gasteiger partial charge in [0.25, 0.3) is 0 Å². The third-order valence-electron chi connectivity index (χ3n) is 5.36. The molecule has 0 aromatic rings. The van der Waals surface area contributed by atoms with Crippen LogP contribution in [0.2, 0.25) is 0 Å². The predicted octanol–water partition coefficient (Wildman–Crippen LogP) is 8.19. The Labute approximate surface area is 215 Å². The van der Waals surface area contributed by atoms with E-state index < -0.39 is 6.10 Å². The SMILES string of the molecule is CC/C=C\C/C=C\C/C=C\C/C=C\C/C=C\CCCCOCC(CO)OC(=O)CCCCCCC. The molecule has 200 valence electrons. The molecule has 1 unspecified atom stereocenters. The minimum atomic E-state index is -0.552. The first-order valence-electron chi connectivity index (χ1n) is 13.9. The lowest BCUT2D eigenvalue weighted by atomic mass is 10.1. The lowest BCUT2D eigenvalue weighted by molar-refractivity contribution is -0.154. The molecule has 0 heterocycles. The number of aliphatic hydroxyl groups is 1. The summed E-state index contributed by atoms with van der Waals surface area (Å²) in [6, 6.07) is 0. The molecule has 0 aliphatic rings. The summed E-state index contributed by atoms with van der Waals surface area (Å²) in [6.07, 6.45) is 35.6. The number of esters is 1. The van der Waals surface area contributed by atoms with Crippen LogP contribution in [0.3, 0.4) is 0 Å². The van der Waals surface area contributed by atoms with Gasteiger partial charge in [0.15, 0.2) is 0 Å². The molecule has 1 atom stereocenters. The highest BCUT2D eigenvalue weighted by atomic mass is 16.6. The van der Waals surface area contributed by atoms with Crippen LogP contribution in [0, 0.1) is 0 Å². The minimum Gasteiger partial charge on any atom is -0.457 e. The van der Waals surface area contributed by atoms with Crippen molar-refractivity contribution in [1.29, 1.82) is 0 Å². The van der Waals surface area contributed by atoms with Gasteiger partial charge in [-0.2, -0.15) is 0 Å². The number of carbonyl (C=O) groups excluding carboxylic acids is 1. The minimum absolute atomic E-state index is 0.193. The molecule has 0 amide bonds. The first-order chi connectivity index (χ1) is 17.2. The van der Waals surface area contributed by atoms with Crippen LogP contribution in [0.5, 0.6) is 0 Å². The van der Waals surface area contributed by atoms with Crippen molar-refractivity contribution in [2.75, 3.05) is 19.8 Å². The topological polar surface area (TPSA) is 55.8 Å². The van der Waals surface area contributed by atoms with Crippen LogP contribution in [0.1, 0.15) is 104 Å². The average Bonchev–Trinajstić information content (AvgIpc) is 2.86. The summed E-state index contributed by atoms with van der Waals surface area (Å²) in [5.74, 6) is -0.234. The van der Waals surface area contributed by atoms with E-state index in [0.717, 1.165) is 70.6 Å². The molecule has 35 heavy (non-hydrogen) atoms. The first-order valence-corrected chi connectivity index (χ1v) is 13.9. The molecule has 1 N–H and O–H groups in total. The molecule has 0 rings (SSSR count). The fourth-order valence-corrected chi connectivity index (χ4v) is 3.29. The zero-order valence-corrected chi connectivity index (χ0v) is 22.5. The van der Waals surface area contributed by atoms with E-state index in [1.165, 1.54) is 12.8 Å². The van der Waals surface area contributed by atoms with E-state index in [1.807, 2.05) is 0 Å². The van der Waals surface area contributed by atoms with E-state index in [2.05, 4.69) is 74.6 Å². The molecule has 0 bridgehead atoms. The van der Waals surface area contributed by atoms with Crippen molar-refractivity contribution in [2.24, 2.45) is 0 Å². The standard InChI is InChI=1S/C31H52O4/c1-3-5-7-9-10-11-12-13-14-15-16-17-18-19-20-21-23-25-27-34-29-30(28-32)35-31(33)26-24-22-8-6-4-2/h5,7,10-11,13-14,16-17,19-20,30,32H,3-4,6,8-9,12,15,18,21-29H2,1-2H3/b7-5-,11-10-,14-13-,17-16-,20-19-. The van der Waals surface area contributed by atoms with Crippen molar-refractivity contribution in [1.82, 2.24) is 0 Å². The quantitative estimate of drug-likeness (QED) is 0.0845. The molecule has 0 aromatic carbocycles. The van der Waals surface area contributed by atoms with Gasteiger partial charge in [0.1, 0.15) is 6.10 Å². The van der Waals surface area contributed by atoms with Crippen molar-refractivity contribution in [2.45, 2.75) is 110 Å². The van der Waals surface area contributed by atoms with E-state index in [-0.39, 0.29) is 19.2 Å². The second-order valence-electron chi connectivity index (χ2n) is 8.74. The molecular formula is C31H52O4. The number of hydrogen-bond donors (Lipinski definition) is 1. The van der Waals surface area contributed by atoms with E-state index >= 15 is 0 Å². The lowest BCUT2D eigenvalue weighted by Crippen LogP contribution is -2.27. The van der Waals surface area contributed by atoms with Crippen LogP contribution >= 0.6 is 0 Å². The Hall–Kier alpha value is -1.91. The van der Waals surface area contributed by atoms with Gasteiger partial charge in [0.05, 0.1) is 13.2 Å². The van der Waals surface area contributed by atoms with Crippen molar-refractivity contribution >= 4 is 5.97 Å². The number of rotatable bonds is 24. The van der Waals surface area contributed by atoms with Gasteiger partial charge in [0.2, 0.25) is 0 Å². The van der Waals surface area contributed by atoms with Crippen LogP contribution in [0.25, 0.3) is 0 Å². The summed E-state index contributed by atoms with van der Waals surface area (Å²) in [6.45, 7) is 5.02. The van der Waals surface area contributed by atoms with Crippen molar-refractivity contribution in [3.05, 3.63) is 60.8 Å². The maximum Gasteiger partial charge on any atom is 0.306 e. The Morgan fingerprint density at radius 1 is 0.714 bits per heavy atom. The van der Waals surface area contributed by atoms with E-state index in [9.17, 15) is 9.90 Å². The highest BCUT2D eigenvalue weighted by molar-refractivity contribution is 5.69. The fraction of sp³-hybridized carbons (Fsp3) is 0.645. The highest BCUT2D eigenvalue weighted by Gasteiger charge is 2.13. The Balaban J connectivity index is 3.60. The van der Waals surface area contributed by atoms with Crippen LogP contribution in [0.4, 0.5) is 0 Å². The first kappa shape index (κ1) is 33.1. The number of hydrogen-bond acceptors (Lipinski definition) is 4. The molecule has 0 aromatic heterocycles. The predicted molar refractivity (Wildman–Crippen MR) is 149 cm³/mol. The van der Waals surface area contributed by atoms with Gasteiger partial charge in [-0.3, -0.25) is 4.79 Å². The molecule has 0 aliphatic carbocycles. The summed E-state index contributed by atoms with van der Waals surface area (Å²) in [7, 11) is 0. The van der Waals surface area contributed by atoms with Crippen molar-refractivity contribution in [3.8, 4) is 0 Å². The molecule has 0 fully saturated rings. The molecular weight excluding hydrogens is 436 g/mol. The third kappa shape index (κ3) is 26.5. The summed E-state index contributed by atoms with van der Waals surface area (Å²) in [4.78, 5) is 11.8. The zero-order chi connectivity index (χ0) is 25.7. The summed E-state index contributed by atoms with van der Waals surface area (Å²) in [5.41, 5.74) is 0. The van der Waals surface area contributed by atoms with Gasteiger partial charge in [-0.15, -0.1) is 0 Å². The Kier molecular flexibility index (Phi) is 26.8. The van der Waals surface area contributed by atoms with Gasteiger partial charge in [-0.1, -0.05) is 100 Å². The van der Waals surface area contributed by atoms with Gasteiger partial charge >= 0.3 is 5.97 Å². The number of unbranched alkanes of at least 4 members (excludes halogenated alkanes) is 6. The zero-order valence-electron chi connectivity index (χ0n) is 22.5. The lowest BCUT2D eigenvalue weighted by Gasteiger charge is -2.15. The summed E-state index contributed by atoms with van der Waals surface area (Å²) < 4.78 is 10.9. The number of ether oxygens (including phenoxy) is 2. The van der Waals surface area contributed by atoms with E-state index in [0.29, 0.717) is 13.0 Å². The van der Waals surface area contributed by atoms with E-state index in [1.54, 1.807) is 0 Å². The van der Waals surface area contributed by atoms with Crippen LogP contribution in [-0.4, -0.2) is 37.0 Å². The van der Waals surface area contributed by atoms with Crippen LogP contribution in [0.15, 0.2) is 60.8 Å². The largest absolute Gasteiger partial charge is 0.457 e. The smallest absolute Gasteiger partial charge is 0.306 e. The van der Waals surface area contributed by atoms with Crippen molar-refractivity contribution in [3.63, 3.8) is 0 Å². The maximum atomic E-state index is 11.8. The maximum absolute atomic E-state index is 11.8. The molecule has 0 saturated carbocycles. The number of carbonyl (C=O) groups is 1. The fourth-order valence-electron chi connectivity index (χ4n) is 3.29. The molecule has 4 heteroatoms. The Bertz CT molecular complexity index is 601. The normalized spacial score (nSPS) is 13.3. The number of aliphatic hydroxyl groups excluding tert-OH is 1. The van der Waals surface area contributed by atoms with Gasteiger partial charge in [0, 0.05) is 13.0 Å². The number of allylic oxidation sites excluding steroid dienone is 10. The molecule has 0 saturated heterocycles. The molecule has 0 aliphatic heterocycles. The van der Waals surface area contributed by atoms with Gasteiger partial charge in [-0.05, 0) is 57.8 Å². The highest BCUT2D eigenvalue weighted by Crippen LogP contribution is 2.07. The second-order valence-corrected chi connectivity index (χ2v) is 8.74. The van der Waals surface area contributed by atoms with Crippen LogP contribution in [-0.2, 0) is 14.3 Å². The molecule has 0 spiro atoms. The Morgan fingerprint density at radius 3 is 1.86 bits per heavy atom. The average molecular weight is 489 g/mol. The van der Waals surface area contributed by atoms with Gasteiger partial charge < -0.3 is 14.6 Å². The molecule has 0 radical (unpaired) electrons. The van der Waals surface area contributed by atoms with Gasteiger partial charge in [-0.25, -0.2) is 0 Å².